The Bertz CT molecular complexity index is 416. The van der Waals surface area contributed by atoms with E-state index in [-0.39, 0.29) is 17.1 Å². The van der Waals surface area contributed by atoms with E-state index in [4.69, 9.17) is 9.84 Å². The quantitative estimate of drug-likeness (QED) is 0.640. The Kier molecular flexibility index (Phi) is 4.55. The molecule has 4 heteroatoms. The standard InChI is InChI=1S/C13H18O2.C4H6O2/c1-2-12(14)15-13-6-9-3-10(7-13)5-11(4-9)8-13;1-3(2)4(5)6/h2,9-11H,1,3-8H2;1H2,2H3,(H,5,6). The van der Waals surface area contributed by atoms with E-state index < -0.39 is 5.97 Å². The minimum absolute atomic E-state index is 0.0972. The van der Waals surface area contributed by atoms with E-state index in [1.54, 1.807) is 0 Å². The van der Waals surface area contributed by atoms with Crippen molar-refractivity contribution in [2.75, 3.05) is 0 Å². The van der Waals surface area contributed by atoms with Gasteiger partial charge >= 0.3 is 11.9 Å². The fourth-order valence-corrected chi connectivity index (χ4v) is 4.41. The number of hydrogen-bond acceptors (Lipinski definition) is 3. The Labute approximate surface area is 125 Å². The number of carboxylic acid groups (broad SMARTS) is 1. The van der Waals surface area contributed by atoms with Crippen LogP contribution in [0.15, 0.2) is 24.8 Å². The number of carbonyl (C=O) groups excluding carboxylic acids is 1. The molecule has 0 spiro atoms. The minimum Gasteiger partial charge on any atom is -0.478 e. The Morgan fingerprint density at radius 3 is 1.81 bits per heavy atom. The summed E-state index contributed by atoms with van der Waals surface area (Å²) in [4.78, 5) is 21.0. The number of hydrogen-bond donors (Lipinski definition) is 1. The molecule has 4 fully saturated rings. The SMILES string of the molecule is C=C(C)C(=O)O.C=CC(=O)OC12CC3CC(CC(C3)C1)C2. The molecular formula is C17H24O4. The maximum Gasteiger partial charge on any atom is 0.330 e. The topological polar surface area (TPSA) is 63.6 Å². The third kappa shape index (κ3) is 3.74. The van der Waals surface area contributed by atoms with Gasteiger partial charge in [-0.1, -0.05) is 13.2 Å². The molecule has 0 unspecified atom stereocenters. The predicted molar refractivity (Wildman–Crippen MR) is 79.6 cm³/mol. The van der Waals surface area contributed by atoms with Gasteiger partial charge in [-0.2, -0.15) is 0 Å². The average Bonchev–Trinajstić information content (AvgIpc) is 2.36. The molecule has 21 heavy (non-hydrogen) atoms. The number of carbonyl (C=O) groups is 2. The predicted octanol–water partition coefficient (Wildman–Crippen LogP) is 3.33. The number of esters is 1. The van der Waals surface area contributed by atoms with Crippen molar-refractivity contribution in [2.24, 2.45) is 17.8 Å². The molecule has 4 aliphatic rings. The van der Waals surface area contributed by atoms with Gasteiger partial charge in [-0.05, 0) is 63.2 Å². The molecule has 0 radical (unpaired) electrons. The Morgan fingerprint density at radius 1 is 1.14 bits per heavy atom. The van der Waals surface area contributed by atoms with Gasteiger partial charge in [0, 0.05) is 11.6 Å². The lowest BCUT2D eigenvalue weighted by Gasteiger charge is -2.55. The van der Waals surface area contributed by atoms with Gasteiger partial charge in [0.1, 0.15) is 5.60 Å². The molecule has 0 amide bonds. The van der Waals surface area contributed by atoms with Crippen molar-refractivity contribution in [1.82, 2.24) is 0 Å². The molecule has 4 saturated carbocycles. The fourth-order valence-electron chi connectivity index (χ4n) is 4.41. The third-order valence-electron chi connectivity index (χ3n) is 4.83. The van der Waals surface area contributed by atoms with Crippen LogP contribution < -0.4 is 0 Å². The van der Waals surface area contributed by atoms with Crippen molar-refractivity contribution in [3.05, 3.63) is 24.8 Å². The smallest absolute Gasteiger partial charge is 0.330 e. The monoisotopic (exact) mass is 292 g/mol. The van der Waals surface area contributed by atoms with Crippen LogP contribution in [0.3, 0.4) is 0 Å². The summed E-state index contributed by atoms with van der Waals surface area (Å²) in [5.74, 6) is 1.32. The molecule has 116 valence electrons. The second-order valence-electron chi connectivity index (χ2n) is 6.81. The van der Waals surface area contributed by atoms with Crippen molar-refractivity contribution in [2.45, 2.75) is 51.0 Å². The zero-order valence-electron chi connectivity index (χ0n) is 12.6. The molecule has 0 atom stereocenters. The van der Waals surface area contributed by atoms with E-state index >= 15 is 0 Å². The first-order valence-corrected chi connectivity index (χ1v) is 7.58. The average molecular weight is 292 g/mol. The first kappa shape index (κ1) is 15.8. The fraction of sp³-hybridized carbons (Fsp3) is 0.647. The maximum absolute atomic E-state index is 11.4. The van der Waals surface area contributed by atoms with Crippen LogP contribution in [0, 0.1) is 17.8 Å². The first-order chi connectivity index (χ1) is 9.83. The van der Waals surface area contributed by atoms with Crippen LogP contribution in [-0.4, -0.2) is 22.6 Å². The molecule has 0 aromatic carbocycles. The Hall–Kier alpha value is -1.58. The van der Waals surface area contributed by atoms with Gasteiger partial charge in [-0.15, -0.1) is 0 Å². The molecule has 4 aliphatic carbocycles. The van der Waals surface area contributed by atoms with E-state index in [1.165, 1.54) is 32.3 Å². The Balaban J connectivity index is 0.000000232. The van der Waals surface area contributed by atoms with Crippen molar-refractivity contribution in [3.8, 4) is 0 Å². The highest BCUT2D eigenvalue weighted by molar-refractivity contribution is 5.84. The van der Waals surface area contributed by atoms with Crippen LogP contribution in [0.5, 0.6) is 0 Å². The van der Waals surface area contributed by atoms with E-state index in [1.807, 2.05) is 0 Å². The number of carboxylic acids is 1. The van der Waals surface area contributed by atoms with E-state index in [2.05, 4.69) is 13.2 Å². The van der Waals surface area contributed by atoms with Crippen LogP contribution in [0.2, 0.25) is 0 Å². The number of aliphatic carboxylic acids is 1. The summed E-state index contributed by atoms with van der Waals surface area (Å²) in [6.07, 6.45) is 8.77. The van der Waals surface area contributed by atoms with E-state index in [0.717, 1.165) is 37.0 Å². The molecule has 4 bridgehead atoms. The van der Waals surface area contributed by atoms with Gasteiger partial charge in [-0.25, -0.2) is 9.59 Å². The van der Waals surface area contributed by atoms with Crippen LogP contribution in [0.1, 0.15) is 45.4 Å². The lowest BCUT2D eigenvalue weighted by Crippen LogP contribution is -2.52. The molecule has 4 nitrogen and oxygen atoms in total. The molecule has 0 aromatic rings. The van der Waals surface area contributed by atoms with Gasteiger partial charge in [0.15, 0.2) is 0 Å². The third-order valence-corrected chi connectivity index (χ3v) is 4.83. The summed E-state index contributed by atoms with van der Waals surface area (Å²) in [5.41, 5.74) is 0.0787. The van der Waals surface area contributed by atoms with E-state index in [0.29, 0.717) is 0 Å². The molecule has 0 heterocycles. The second-order valence-corrected chi connectivity index (χ2v) is 6.81. The van der Waals surface area contributed by atoms with Gasteiger partial charge in [0.05, 0.1) is 0 Å². The Morgan fingerprint density at radius 2 is 1.52 bits per heavy atom. The minimum atomic E-state index is -0.935. The molecule has 4 rings (SSSR count). The summed E-state index contributed by atoms with van der Waals surface area (Å²) in [6, 6.07) is 0. The number of rotatable bonds is 3. The first-order valence-electron chi connectivity index (χ1n) is 7.58. The van der Waals surface area contributed by atoms with Gasteiger partial charge < -0.3 is 9.84 Å². The molecule has 0 aromatic heterocycles. The van der Waals surface area contributed by atoms with Gasteiger partial charge in [-0.3, -0.25) is 0 Å². The van der Waals surface area contributed by atoms with Crippen LogP contribution >= 0.6 is 0 Å². The van der Waals surface area contributed by atoms with Crippen LogP contribution in [-0.2, 0) is 14.3 Å². The van der Waals surface area contributed by atoms with Crippen LogP contribution in [0.25, 0.3) is 0 Å². The van der Waals surface area contributed by atoms with Gasteiger partial charge in [0.25, 0.3) is 0 Å². The lowest BCUT2D eigenvalue weighted by atomic mass is 9.54. The van der Waals surface area contributed by atoms with Crippen molar-refractivity contribution in [3.63, 3.8) is 0 Å². The molecule has 0 saturated heterocycles. The molecule has 1 N–H and O–H groups in total. The summed E-state index contributed by atoms with van der Waals surface area (Å²) < 4.78 is 5.64. The number of ether oxygens (including phenoxy) is 1. The summed E-state index contributed by atoms with van der Waals surface area (Å²) in [6.45, 7) is 8.09. The highest BCUT2D eigenvalue weighted by Gasteiger charge is 2.52. The highest BCUT2D eigenvalue weighted by atomic mass is 16.6. The largest absolute Gasteiger partial charge is 0.478 e. The van der Waals surface area contributed by atoms with Crippen molar-refractivity contribution >= 4 is 11.9 Å². The zero-order valence-corrected chi connectivity index (χ0v) is 12.6. The van der Waals surface area contributed by atoms with Crippen molar-refractivity contribution in [1.29, 1.82) is 0 Å². The zero-order chi connectivity index (χ0) is 15.6. The lowest BCUT2D eigenvalue weighted by molar-refractivity contribution is -0.181. The highest BCUT2D eigenvalue weighted by Crippen LogP contribution is 2.57. The van der Waals surface area contributed by atoms with Crippen molar-refractivity contribution < 1.29 is 19.4 Å². The summed E-state index contributed by atoms with van der Waals surface area (Å²) in [5, 5.41) is 7.89. The second kappa shape index (κ2) is 6.04. The van der Waals surface area contributed by atoms with Crippen LogP contribution in [0.4, 0.5) is 0 Å². The molecule has 0 aliphatic heterocycles. The maximum atomic E-state index is 11.4. The normalized spacial score (nSPS) is 35.4. The summed E-state index contributed by atoms with van der Waals surface area (Å²) in [7, 11) is 0. The van der Waals surface area contributed by atoms with Gasteiger partial charge in [0.2, 0.25) is 0 Å². The molecular weight excluding hydrogens is 268 g/mol. The summed E-state index contributed by atoms with van der Waals surface area (Å²) >= 11 is 0. The van der Waals surface area contributed by atoms with E-state index in [9.17, 15) is 9.59 Å².